The van der Waals surface area contributed by atoms with Gasteiger partial charge >= 0.3 is 0 Å². The molecule has 0 saturated carbocycles. The predicted octanol–water partition coefficient (Wildman–Crippen LogP) is 0.450. The standard InChI is InChI=1S/C14H23NO5/c1-10-7-13(16)15(14(10)17)3-4-18-5-6-19-8-12-9-20-11(12)2/h10-12H,3-9H2,1-2H3. The van der Waals surface area contributed by atoms with Crippen molar-refractivity contribution in [2.24, 2.45) is 11.8 Å². The Morgan fingerprint density at radius 3 is 2.50 bits per heavy atom. The molecule has 3 atom stereocenters. The zero-order valence-corrected chi connectivity index (χ0v) is 12.2. The van der Waals surface area contributed by atoms with Gasteiger partial charge in [-0.25, -0.2) is 0 Å². The lowest BCUT2D eigenvalue weighted by atomic mass is 10.0. The van der Waals surface area contributed by atoms with E-state index >= 15 is 0 Å². The molecule has 0 aromatic rings. The van der Waals surface area contributed by atoms with Crippen LogP contribution in [0.3, 0.4) is 0 Å². The summed E-state index contributed by atoms with van der Waals surface area (Å²) < 4.78 is 16.1. The first-order chi connectivity index (χ1) is 9.59. The number of hydrogen-bond acceptors (Lipinski definition) is 5. The topological polar surface area (TPSA) is 65.1 Å². The molecule has 3 unspecified atom stereocenters. The van der Waals surface area contributed by atoms with Gasteiger partial charge in [0.1, 0.15) is 0 Å². The van der Waals surface area contributed by atoms with Crippen LogP contribution in [0.4, 0.5) is 0 Å². The summed E-state index contributed by atoms with van der Waals surface area (Å²) in [4.78, 5) is 24.5. The van der Waals surface area contributed by atoms with Gasteiger partial charge in [-0.15, -0.1) is 0 Å². The summed E-state index contributed by atoms with van der Waals surface area (Å²) in [5.74, 6) is 0.129. The van der Waals surface area contributed by atoms with E-state index in [1.807, 2.05) is 6.92 Å². The molecule has 0 N–H and O–H groups in total. The Labute approximate surface area is 119 Å². The number of carbonyl (C=O) groups is 2. The maximum absolute atomic E-state index is 11.6. The molecular formula is C14H23NO5. The average molecular weight is 285 g/mol. The van der Waals surface area contributed by atoms with Gasteiger partial charge in [0.2, 0.25) is 11.8 Å². The molecule has 2 fully saturated rings. The summed E-state index contributed by atoms with van der Waals surface area (Å²) in [6, 6.07) is 0. The number of hydrogen-bond donors (Lipinski definition) is 0. The maximum atomic E-state index is 11.6. The lowest BCUT2D eigenvalue weighted by molar-refractivity contribution is -0.140. The summed E-state index contributed by atoms with van der Waals surface area (Å²) in [6.07, 6.45) is 0.619. The number of likely N-dealkylation sites (tertiary alicyclic amines) is 1. The molecule has 0 bridgehead atoms. The molecular weight excluding hydrogens is 262 g/mol. The minimum atomic E-state index is -0.183. The van der Waals surface area contributed by atoms with Crippen LogP contribution in [-0.4, -0.2) is 62.4 Å². The van der Waals surface area contributed by atoms with Crippen LogP contribution in [0.2, 0.25) is 0 Å². The predicted molar refractivity (Wildman–Crippen MR) is 71.0 cm³/mol. The normalized spacial score (nSPS) is 29.9. The molecule has 2 rings (SSSR count). The minimum absolute atomic E-state index is 0.0891. The van der Waals surface area contributed by atoms with Gasteiger partial charge in [0, 0.05) is 18.3 Å². The van der Waals surface area contributed by atoms with Crippen LogP contribution in [0, 0.1) is 11.8 Å². The summed E-state index contributed by atoms with van der Waals surface area (Å²) in [5, 5.41) is 0. The third-order valence-electron chi connectivity index (χ3n) is 3.87. The van der Waals surface area contributed by atoms with Crippen LogP contribution in [0.1, 0.15) is 20.3 Å². The zero-order valence-electron chi connectivity index (χ0n) is 12.2. The fraction of sp³-hybridized carbons (Fsp3) is 0.857. The van der Waals surface area contributed by atoms with E-state index in [2.05, 4.69) is 0 Å². The third-order valence-corrected chi connectivity index (χ3v) is 3.87. The van der Waals surface area contributed by atoms with Crippen molar-refractivity contribution in [1.29, 1.82) is 0 Å². The fourth-order valence-electron chi connectivity index (χ4n) is 2.30. The highest BCUT2D eigenvalue weighted by Gasteiger charge is 2.34. The number of ether oxygens (including phenoxy) is 3. The van der Waals surface area contributed by atoms with Crippen LogP contribution in [-0.2, 0) is 23.8 Å². The van der Waals surface area contributed by atoms with E-state index in [1.54, 1.807) is 6.92 Å². The number of nitrogens with zero attached hydrogens (tertiary/aromatic N) is 1. The van der Waals surface area contributed by atoms with E-state index in [4.69, 9.17) is 14.2 Å². The third kappa shape index (κ3) is 3.77. The van der Waals surface area contributed by atoms with Gasteiger partial charge < -0.3 is 14.2 Å². The number of imide groups is 1. The number of rotatable bonds is 8. The minimum Gasteiger partial charge on any atom is -0.379 e. The van der Waals surface area contributed by atoms with Gasteiger partial charge in [-0.2, -0.15) is 0 Å². The molecule has 2 amide bonds. The van der Waals surface area contributed by atoms with Gasteiger partial charge in [-0.05, 0) is 6.92 Å². The lowest BCUT2D eigenvalue weighted by Crippen LogP contribution is -2.40. The van der Waals surface area contributed by atoms with Crippen molar-refractivity contribution in [3.8, 4) is 0 Å². The van der Waals surface area contributed by atoms with Crippen molar-refractivity contribution < 1.29 is 23.8 Å². The second kappa shape index (κ2) is 7.15. The maximum Gasteiger partial charge on any atom is 0.232 e. The first-order valence-corrected chi connectivity index (χ1v) is 7.21. The molecule has 0 spiro atoms. The van der Waals surface area contributed by atoms with Gasteiger partial charge in [0.15, 0.2) is 0 Å². The first kappa shape index (κ1) is 15.4. The second-order valence-electron chi connectivity index (χ2n) is 5.47. The van der Waals surface area contributed by atoms with Crippen molar-refractivity contribution in [2.45, 2.75) is 26.4 Å². The van der Waals surface area contributed by atoms with Crippen LogP contribution in [0.25, 0.3) is 0 Å². The molecule has 2 heterocycles. The van der Waals surface area contributed by atoms with Crippen molar-refractivity contribution in [1.82, 2.24) is 4.90 Å². The molecule has 2 aliphatic heterocycles. The van der Waals surface area contributed by atoms with Gasteiger partial charge in [-0.3, -0.25) is 14.5 Å². The van der Waals surface area contributed by atoms with E-state index in [-0.39, 0.29) is 17.7 Å². The lowest BCUT2D eigenvalue weighted by Gasteiger charge is -2.33. The number of amides is 2. The van der Waals surface area contributed by atoms with Crippen molar-refractivity contribution in [3.05, 3.63) is 0 Å². The molecule has 2 aliphatic rings. The molecule has 0 radical (unpaired) electrons. The Kier molecular flexibility index (Phi) is 5.51. The van der Waals surface area contributed by atoms with E-state index in [9.17, 15) is 9.59 Å². The van der Waals surface area contributed by atoms with Crippen LogP contribution >= 0.6 is 0 Å². The molecule has 20 heavy (non-hydrogen) atoms. The van der Waals surface area contributed by atoms with Crippen molar-refractivity contribution in [3.63, 3.8) is 0 Å². The number of carbonyl (C=O) groups excluding carboxylic acids is 2. The summed E-state index contributed by atoms with van der Waals surface area (Å²) in [6.45, 7) is 7.02. The molecule has 114 valence electrons. The molecule has 6 nitrogen and oxygen atoms in total. The molecule has 2 saturated heterocycles. The SMILES string of the molecule is CC1CC(=O)N(CCOCCOCC2COC2C)C1=O. The summed E-state index contributed by atoms with van der Waals surface area (Å²) >= 11 is 0. The Morgan fingerprint density at radius 2 is 1.95 bits per heavy atom. The Morgan fingerprint density at radius 1 is 1.20 bits per heavy atom. The van der Waals surface area contributed by atoms with Gasteiger partial charge in [-0.1, -0.05) is 6.92 Å². The van der Waals surface area contributed by atoms with E-state index in [0.29, 0.717) is 51.4 Å². The Bertz CT molecular complexity index is 359. The van der Waals surface area contributed by atoms with Crippen LogP contribution < -0.4 is 0 Å². The van der Waals surface area contributed by atoms with E-state index in [0.717, 1.165) is 6.61 Å². The van der Waals surface area contributed by atoms with Gasteiger partial charge in [0.25, 0.3) is 0 Å². The Hall–Kier alpha value is -0.980. The zero-order chi connectivity index (χ0) is 14.5. The smallest absolute Gasteiger partial charge is 0.232 e. The van der Waals surface area contributed by atoms with Crippen molar-refractivity contribution in [2.75, 3.05) is 39.6 Å². The average Bonchev–Trinajstić information content (AvgIpc) is 2.65. The molecule has 0 aliphatic carbocycles. The highest BCUT2D eigenvalue weighted by Crippen LogP contribution is 2.19. The highest BCUT2D eigenvalue weighted by atomic mass is 16.5. The van der Waals surface area contributed by atoms with E-state index in [1.165, 1.54) is 4.90 Å². The summed E-state index contributed by atoms with van der Waals surface area (Å²) in [5.41, 5.74) is 0. The summed E-state index contributed by atoms with van der Waals surface area (Å²) in [7, 11) is 0. The second-order valence-corrected chi connectivity index (χ2v) is 5.47. The molecule has 0 aromatic heterocycles. The van der Waals surface area contributed by atoms with Gasteiger partial charge in [0.05, 0.1) is 45.7 Å². The molecule has 6 heteroatoms. The van der Waals surface area contributed by atoms with Crippen molar-refractivity contribution >= 4 is 11.8 Å². The van der Waals surface area contributed by atoms with Crippen LogP contribution in [0.5, 0.6) is 0 Å². The van der Waals surface area contributed by atoms with Crippen LogP contribution in [0.15, 0.2) is 0 Å². The largest absolute Gasteiger partial charge is 0.379 e. The Balaban J connectivity index is 1.47. The van der Waals surface area contributed by atoms with E-state index < -0.39 is 0 Å². The monoisotopic (exact) mass is 285 g/mol. The highest BCUT2D eigenvalue weighted by molar-refractivity contribution is 6.03. The molecule has 0 aromatic carbocycles. The quantitative estimate of drug-likeness (QED) is 0.478. The first-order valence-electron chi connectivity index (χ1n) is 7.21. The fourth-order valence-corrected chi connectivity index (χ4v) is 2.30.